The summed E-state index contributed by atoms with van der Waals surface area (Å²) in [5.41, 5.74) is 5.31. The molecule has 0 bridgehead atoms. The van der Waals surface area contributed by atoms with E-state index in [2.05, 4.69) is 47.9 Å². The lowest BCUT2D eigenvalue weighted by atomic mass is 10.1. The van der Waals surface area contributed by atoms with Crippen molar-refractivity contribution in [3.05, 3.63) is 109 Å². The molecule has 0 aromatic heterocycles. The number of aliphatic hydroxyl groups excluding tert-OH is 2. The van der Waals surface area contributed by atoms with E-state index in [4.69, 9.17) is 24.8 Å². The fraction of sp³-hybridized carbons (Fsp3) is 0.543. The molecule has 60 heavy (non-hydrogen) atoms. The van der Waals surface area contributed by atoms with Crippen LogP contribution in [-0.2, 0) is 37.5 Å². The molecule has 14 heteroatoms. The lowest BCUT2D eigenvalue weighted by Gasteiger charge is -2.20. The number of nitrogens with two attached hydrogens (primary N) is 1. The molecule has 0 rings (SSSR count). The molecule has 0 saturated carbocycles. The zero-order valence-electron chi connectivity index (χ0n) is 35.7. The molecule has 0 aliphatic carbocycles. The van der Waals surface area contributed by atoms with E-state index in [1.54, 1.807) is 42.5 Å². The fourth-order valence-electron chi connectivity index (χ4n) is 4.80. The molecule has 0 aromatic carbocycles. The van der Waals surface area contributed by atoms with Crippen LogP contribution in [0.1, 0.15) is 117 Å². The van der Waals surface area contributed by atoms with E-state index in [0.29, 0.717) is 32.1 Å². The Morgan fingerprint density at radius 1 is 0.617 bits per heavy atom. The van der Waals surface area contributed by atoms with Crippen LogP contribution in [0.4, 0.5) is 0 Å². The highest BCUT2D eigenvalue weighted by Crippen LogP contribution is 2.43. The van der Waals surface area contributed by atoms with Crippen LogP contribution in [0.5, 0.6) is 0 Å². The minimum Gasteiger partial charge on any atom is -0.480 e. The van der Waals surface area contributed by atoms with Crippen molar-refractivity contribution in [3.63, 3.8) is 0 Å². The van der Waals surface area contributed by atoms with Gasteiger partial charge in [-0.25, -0.2) is 4.57 Å². The van der Waals surface area contributed by atoms with E-state index >= 15 is 0 Å². The topological polar surface area (TPSA) is 212 Å². The molecular weight excluding hydrogens is 789 g/mol. The quantitative estimate of drug-likeness (QED) is 0.0130. The number of carbonyl (C=O) groups is 3. The van der Waals surface area contributed by atoms with Crippen LogP contribution < -0.4 is 5.73 Å². The summed E-state index contributed by atoms with van der Waals surface area (Å²) in [6.07, 6.45) is 43.8. The first-order valence-corrected chi connectivity index (χ1v) is 22.6. The highest BCUT2D eigenvalue weighted by Gasteiger charge is 2.28. The smallest absolute Gasteiger partial charge is 0.472 e. The zero-order chi connectivity index (χ0) is 44.5. The Morgan fingerprint density at radius 2 is 1.13 bits per heavy atom. The van der Waals surface area contributed by atoms with E-state index in [0.717, 1.165) is 38.5 Å². The molecule has 0 fully saturated rings. The van der Waals surface area contributed by atoms with Gasteiger partial charge in [0.15, 0.2) is 6.10 Å². The maximum atomic E-state index is 12.6. The summed E-state index contributed by atoms with van der Waals surface area (Å²) in [6, 6.07) is -1.56. The van der Waals surface area contributed by atoms with Crippen LogP contribution in [-0.4, -0.2) is 82.3 Å². The molecule has 0 amide bonds. The monoisotopic (exact) mass is 861 g/mol. The molecule has 0 aliphatic heterocycles. The first kappa shape index (κ1) is 56.1. The first-order chi connectivity index (χ1) is 28.9. The summed E-state index contributed by atoms with van der Waals surface area (Å²) >= 11 is 0. The Kier molecular flexibility index (Phi) is 36.6. The van der Waals surface area contributed by atoms with Gasteiger partial charge in [-0.1, -0.05) is 136 Å². The van der Waals surface area contributed by atoms with E-state index in [1.165, 1.54) is 19.3 Å². The van der Waals surface area contributed by atoms with Crippen molar-refractivity contribution < 1.29 is 57.7 Å². The Balaban J connectivity index is 4.72. The van der Waals surface area contributed by atoms with Crippen LogP contribution in [0, 0.1) is 0 Å². The molecule has 0 radical (unpaired) electrons. The number of unbranched alkanes of at least 4 members (excludes halogenated alkanes) is 5. The Morgan fingerprint density at radius 3 is 1.70 bits per heavy atom. The van der Waals surface area contributed by atoms with Crippen LogP contribution in [0.3, 0.4) is 0 Å². The molecule has 0 heterocycles. The summed E-state index contributed by atoms with van der Waals surface area (Å²) in [5, 5.41) is 28.8. The fourth-order valence-corrected chi connectivity index (χ4v) is 5.58. The standard InChI is InChI=1S/C46H72NO12P/c1-3-5-7-8-9-10-11-12-13-14-15-16-17-21-29-35-44(50)56-37-42(38-57-60(54,55)58-39-43(47)46(52)53)59-45(51)36-30-22-19-18-20-26-32-41(49)34-28-24-23-27-33-40(48)31-25-6-4-2/h6,9-10,12-13,15-16,19-20,22-28,33-34,40-43,48-49H,3-5,7-8,11,14,17-18,21,29-32,35-39,47H2,1-2H3,(H,52,53)(H,54,55)/b10-9-,13-12-,16-15-,22-19-,24-23-,25-6-,26-20-,33-27+,34-28+/t40-,41+,42+,43-/m0/s1. The minimum absolute atomic E-state index is 0.0357. The second-order valence-corrected chi connectivity index (χ2v) is 15.2. The van der Waals surface area contributed by atoms with Crippen LogP contribution in [0.25, 0.3) is 0 Å². The van der Waals surface area contributed by atoms with Crippen molar-refractivity contribution in [2.45, 2.75) is 141 Å². The van der Waals surface area contributed by atoms with Gasteiger partial charge in [0.1, 0.15) is 12.6 Å². The van der Waals surface area contributed by atoms with Gasteiger partial charge in [-0.15, -0.1) is 0 Å². The predicted molar refractivity (Wildman–Crippen MR) is 238 cm³/mol. The second-order valence-electron chi connectivity index (χ2n) is 13.8. The van der Waals surface area contributed by atoms with Crippen LogP contribution >= 0.6 is 7.82 Å². The van der Waals surface area contributed by atoms with Gasteiger partial charge in [0, 0.05) is 12.8 Å². The number of hydrogen-bond acceptors (Lipinski definition) is 11. The minimum atomic E-state index is -4.78. The van der Waals surface area contributed by atoms with Crippen LogP contribution in [0.15, 0.2) is 109 Å². The third-order valence-corrected chi connectivity index (χ3v) is 9.14. The Hall–Kier alpha value is -3.94. The highest BCUT2D eigenvalue weighted by atomic mass is 31.2. The molecule has 5 atom stereocenters. The lowest BCUT2D eigenvalue weighted by Crippen LogP contribution is -2.34. The SMILES string of the molecule is CC/C=C\C[C@H](O)/C=C/C=C\C=C\[C@H](O)C/C=C\C/C=C\CCC(=O)O[C@H](COC(=O)CCCC/C=C\C/C=C\C/C=C\CCCCC)COP(=O)(O)OC[C@H](N)C(=O)O. The molecular formula is C46H72NO12P. The Bertz CT molecular complexity index is 1460. The Labute approximate surface area is 358 Å². The maximum absolute atomic E-state index is 12.6. The lowest BCUT2D eigenvalue weighted by molar-refractivity contribution is -0.161. The van der Waals surface area contributed by atoms with Crippen molar-refractivity contribution in [1.29, 1.82) is 0 Å². The van der Waals surface area contributed by atoms with E-state index in [-0.39, 0.29) is 12.8 Å². The number of allylic oxidation sites excluding steroid dienone is 14. The number of ether oxygens (including phenoxy) is 2. The molecule has 0 spiro atoms. The summed E-state index contributed by atoms with van der Waals surface area (Å²) in [5.74, 6) is -2.64. The van der Waals surface area contributed by atoms with Gasteiger partial charge < -0.3 is 35.4 Å². The number of carboxylic acid groups (broad SMARTS) is 1. The number of rotatable bonds is 37. The largest absolute Gasteiger partial charge is 0.480 e. The van der Waals surface area contributed by atoms with Crippen molar-refractivity contribution in [2.24, 2.45) is 5.73 Å². The molecule has 0 aliphatic rings. The van der Waals surface area contributed by atoms with Gasteiger partial charge in [0.2, 0.25) is 0 Å². The van der Waals surface area contributed by atoms with Crippen LogP contribution in [0.2, 0.25) is 0 Å². The maximum Gasteiger partial charge on any atom is 0.472 e. The highest BCUT2D eigenvalue weighted by molar-refractivity contribution is 7.47. The van der Waals surface area contributed by atoms with Crippen molar-refractivity contribution in [2.75, 3.05) is 19.8 Å². The number of phosphoric ester groups is 1. The van der Waals surface area contributed by atoms with E-state index in [1.807, 2.05) is 37.3 Å². The van der Waals surface area contributed by atoms with Gasteiger partial charge in [-0.2, -0.15) is 0 Å². The van der Waals surface area contributed by atoms with Crippen molar-refractivity contribution in [1.82, 2.24) is 0 Å². The number of carboxylic acids is 1. The third-order valence-electron chi connectivity index (χ3n) is 8.18. The van der Waals surface area contributed by atoms with Gasteiger partial charge in [-0.05, 0) is 77.0 Å². The summed E-state index contributed by atoms with van der Waals surface area (Å²) in [6.45, 7) is 2.33. The number of aliphatic carboxylic acids is 1. The van der Waals surface area contributed by atoms with Gasteiger partial charge in [-0.3, -0.25) is 23.4 Å². The third kappa shape index (κ3) is 38.3. The molecule has 13 nitrogen and oxygen atoms in total. The predicted octanol–water partition coefficient (Wildman–Crippen LogP) is 9.00. The zero-order valence-corrected chi connectivity index (χ0v) is 36.6. The summed E-state index contributed by atoms with van der Waals surface area (Å²) in [4.78, 5) is 45.9. The molecule has 1 unspecified atom stereocenters. The number of esters is 2. The van der Waals surface area contributed by atoms with E-state index in [9.17, 15) is 34.1 Å². The second kappa shape index (κ2) is 39.2. The van der Waals surface area contributed by atoms with Gasteiger partial charge in [0.25, 0.3) is 0 Å². The molecule has 0 saturated heterocycles. The number of phosphoric acid groups is 1. The number of hydrogen-bond donors (Lipinski definition) is 5. The number of carbonyl (C=O) groups excluding carboxylic acids is 2. The van der Waals surface area contributed by atoms with Gasteiger partial charge in [0.05, 0.1) is 25.4 Å². The van der Waals surface area contributed by atoms with Gasteiger partial charge >= 0.3 is 25.7 Å². The summed E-state index contributed by atoms with van der Waals surface area (Å²) in [7, 11) is -4.78. The molecule has 338 valence electrons. The van der Waals surface area contributed by atoms with Crippen molar-refractivity contribution >= 4 is 25.7 Å². The molecule has 6 N–H and O–H groups in total. The number of aliphatic hydroxyl groups is 2. The van der Waals surface area contributed by atoms with E-state index < -0.39 is 69.9 Å². The average Bonchev–Trinajstić information content (AvgIpc) is 3.21. The first-order valence-electron chi connectivity index (χ1n) is 21.1. The average molecular weight is 862 g/mol. The van der Waals surface area contributed by atoms with Crippen molar-refractivity contribution in [3.8, 4) is 0 Å². The normalized spacial score (nSPS) is 15.8. The molecule has 0 aromatic rings. The summed E-state index contributed by atoms with van der Waals surface area (Å²) < 4.78 is 32.5.